The van der Waals surface area contributed by atoms with Gasteiger partial charge in [0.25, 0.3) is 0 Å². The zero-order valence-electron chi connectivity index (χ0n) is 11.2. The van der Waals surface area contributed by atoms with Crippen LogP contribution in [0.1, 0.15) is 34.1 Å². The normalized spacial score (nSPS) is 15.4. The van der Waals surface area contributed by atoms with Crippen molar-refractivity contribution in [2.75, 3.05) is 21.3 Å². The van der Waals surface area contributed by atoms with Gasteiger partial charge in [0.1, 0.15) is 0 Å². The summed E-state index contributed by atoms with van der Waals surface area (Å²) in [4.78, 5) is 0. The topological polar surface area (TPSA) is 27.7 Å². The highest BCUT2D eigenvalue weighted by atomic mass is 28.4. The SMILES string of the molecule is CO[Si](C[C@@H](C)CC(C)(C)C)(OC)OC. The molecule has 0 bridgehead atoms. The summed E-state index contributed by atoms with van der Waals surface area (Å²) in [5.41, 5.74) is 0.342. The van der Waals surface area contributed by atoms with Crippen molar-refractivity contribution in [3.63, 3.8) is 0 Å². The van der Waals surface area contributed by atoms with Crippen LogP contribution < -0.4 is 0 Å². The third-order valence-corrected chi connectivity index (χ3v) is 5.56. The van der Waals surface area contributed by atoms with Crippen LogP contribution in [0, 0.1) is 11.3 Å². The molecule has 0 N–H and O–H groups in total. The zero-order chi connectivity index (χ0) is 12.1. The van der Waals surface area contributed by atoms with E-state index in [1.165, 1.54) is 0 Å². The summed E-state index contributed by atoms with van der Waals surface area (Å²) in [6.45, 7) is 8.97. The maximum atomic E-state index is 5.42. The van der Waals surface area contributed by atoms with Crippen LogP contribution in [0.25, 0.3) is 0 Å². The van der Waals surface area contributed by atoms with Crippen LogP contribution in [-0.4, -0.2) is 30.1 Å². The molecule has 0 amide bonds. The van der Waals surface area contributed by atoms with E-state index < -0.39 is 8.80 Å². The number of hydrogen-bond donors (Lipinski definition) is 0. The maximum Gasteiger partial charge on any atom is 0.500 e. The van der Waals surface area contributed by atoms with Gasteiger partial charge in [-0.05, 0) is 17.8 Å². The Labute approximate surface area is 95.5 Å². The minimum Gasteiger partial charge on any atom is -0.377 e. The van der Waals surface area contributed by atoms with Crippen LogP contribution in [0.4, 0.5) is 0 Å². The van der Waals surface area contributed by atoms with Gasteiger partial charge in [0.2, 0.25) is 0 Å². The highest BCUT2D eigenvalue weighted by Gasteiger charge is 2.39. The molecule has 0 spiro atoms. The molecule has 0 rings (SSSR count). The smallest absolute Gasteiger partial charge is 0.377 e. The van der Waals surface area contributed by atoms with Crippen LogP contribution in [0.15, 0.2) is 0 Å². The standard InChI is InChI=1S/C11H26O3Si/c1-10(8-11(2,3)4)9-15(12-5,13-6)14-7/h10H,8-9H2,1-7H3/t10-/m0/s1. The predicted octanol–water partition coefficient (Wildman–Crippen LogP) is 2.94. The Bertz CT molecular complexity index is 165. The van der Waals surface area contributed by atoms with E-state index in [9.17, 15) is 0 Å². The van der Waals surface area contributed by atoms with Crippen molar-refractivity contribution in [2.24, 2.45) is 11.3 Å². The van der Waals surface area contributed by atoms with E-state index >= 15 is 0 Å². The molecule has 92 valence electrons. The largest absolute Gasteiger partial charge is 0.500 e. The molecule has 0 aromatic carbocycles. The van der Waals surface area contributed by atoms with E-state index in [2.05, 4.69) is 27.7 Å². The molecule has 0 aliphatic heterocycles. The lowest BCUT2D eigenvalue weighted by Crippen LogP contribution is -2.44. The Balaban J connectivity index is 4.29. The summed E-state index contributed by atoms with van der Waals surface area (Å²) < 4.78 is 16.2. The fraction of sp³-hybridized carbons (Fsp3) is 1.00. The molecule has 0 saturated carbocycles. The Morgan fingerprint density at radius 2 is 1.40 bits per heavy atom. The first kappa shape index (κ1) is 15.1. The fourth-order valence-corrected chi connectivity index (χ4v) is 4.04. The average molecular weight is 234 g/mol. The Morgan fingerprint density at radius 3 is 1.67 bits per heavy atom. The summed E-state index contributed by atoms with van der Waals surface area (Å²) >= 11 is 0. The number of rotatable bonds is 6. The summed E-state index contributed by atoms with van der Waals surface area (Å²) in [5.74, 6) is 0.552. The maximum absolute atomic E-state index is 5.42. The Morgan fingerprint density at radius 1 is 1.00 bits per heavy atom. The van der Waals surface area contributed by atoms with E-state index in [0.29, 0.717) is 11.3 Å². The summed E-state index contributed by atoms with van der Waals surface area (Å²) in [6, 6.07) is 0.883. The molecule has 0 unspecified atom stereocenters. The highest BCUT2D eigenvalue weighted by Crippen LogP contribution is 2.30. The molecule has 0 fully saturated rings. The molecular weight excluding hydrogens is 208 g/mol. The van der Waals surface area contributed by atoms with Gasteiger partial charge >= 0.3 is 8.80 Å². The quantitative estimate of drug-likeness (QED) is 0.661. The summed E-state index contributed by atoms with van der Waals surface area (Å²) in [6.07, 6.45) is 1.15. The van der Waals surface area contributed by atoms with Gasteiger partial charge in [0.15, 0.2) is 0 Å². The third-order valence-electron chi connectivity index (χ3n) is 2.49. The van der Waals surface area contributed by atoms with E-state index in [1.807, 2.05) is 0 Å². The molecule has 0 aromatic rings. The van der Waals surface area contributed by atoms with Crippen LogP contribution in [0.5, 0.6) is 0 Å². The lowest BCUT2D eigenvalue weighted by Gasteiger charge is -2.30. The van der Waals surface area contributed by atoms with Crippen LogP contribution in [0.2, 0.25) is 6.04 Å². The lowest BCUT2D eigenvalue weighted by atomic mass is 9.86. The van der Waals surface area contributed by atoms with Gasteiger partial charge in [-0.2, -0.15) is 0 Å². The van der Waals surface area contributed by atoms with Crippen LogP contribution in [0.3, 0.4) is 0 Å². The lowest BCUT2D eigenvalue weighted by molar-refractivity contribution is 0.116. The van der Waals surface area contributed by atoms with E-state index in [0.717, 1.165) is 12.5 Å². The van der Waals surface area contributed by atoms with Gasteiger partial charge in [0, 0.05) is 27.4 Å². The van der Waals surface area contributed by atoms with E-state index in [4.69, 9.17) is 13.3 Å². The second-order valence-corrected chi connectivity index (χ2v) is 8.37. The number of hydrogen-bond acceptors (Lipinski definition) is 3. The third kappa shape index (κ3) is 5.66. The van der Waals surface area contributed by atoms with Crippen molar-refractivity contribution < 1.29 is 13.3 Å². The van der Waals surface area contributed by atoms with Gasteiger partial charge in [-0.3, -0.25) is 0 Å². The molecule has 0 aliphatic rings. The average Bonchev–Trinajstić information content (AvgIpc) is 2.11. The van der Waals surface area contributed by atoms with Crippen molar-refractivity contribution in [3.8, 4) is 0 Å². The van der Waals surface area contributed by atoms with Gasteiger partial charge in [-0.25, -0.2) is 0 Å². The van der Waals surface area contributed by atoms with Gasteiger partial charge < -0.3 is 13.3 Å². The van der Waals surface area contributed by atoms with Gasteiger partial charge in [0.05, 0.1) is 0 Å². The minimum atomic E-state index is -2.38. The molecule has 3 nitrogen and oxygen atoms in total. The minimum absolute atomic E-state index is 0.342. The molecule has 4 heteroatoms. The van der Waals surface area contributed by atoms with Crippen molar-refractivity contribution in [2.45, 2.75) is 40.2 Å². The Hall–Kier alpha value is 0.0969. The molecule has 0 saturated heterocycles. The van der Waals surface area contributed by atoms with Crippen LogP contribution in [-0.2, 0) is 13.3 Å². The molecule has 0 aliphatic carbocycles. The first-order valence-electron chi connectivity index (χ1n) is 5.44. The van der Waals surface area contributed by atoms with Gasteiger partial charge in [-0.1, -0.05) is 27.7 Å². The fourth-order valence-electron chi connectivity index (χ4n) is 2.04. The molecule has 0 aromatic heterocycles. The second kappa shape index (κ2) is 5.99. The molecule has 1 atom stereocenters. The zero-order valence-corrected chi connectivity index (χ0v) is 12.2. The molecular formula is C11H26O3Si. The van der Waals surface area contributed by atoms with Crippen molar-refractivity contribution in [1.82, 2.24) is 0 Å². The molecule has 15 heavy (non-hydrogen) atoms. The summed E-state index contributed by atoms with van der Waals surface area (Å²) in [5, 5.41) is 0. The predicted molar refractivity (Wildman–Crippen MR) is 64.8 cm³/mol. The van der Waals surface area contributed by atoms with Crippen molar-refractivity contribution in [1.29, 1.82) is 0 Å². The first-order valence-corrected chi connectivity index (χ1v) is 7.37. The van der Waals surface area contributed by atoms with E-state index in [-0.39, 0.29) is 0 Å². The van der Waals surface area contributed by atoms with Crippen molar-refractivity contribution in [3.05, 3.63) is 0 Å². The summed E-state index contributed by atoms with van der Waals surface area (Å²) in [7, 11) is 2.63. The first-order chi connectivity index (χ1) is 6.78. The van der Waals surface area contributed by atoms with E-state index in [1.54, 1.807) is 21.3 Å². The van der Waals surface area contributed by atoms with Crippen LogP contribution >= 0.6 is 0 Å². The Kier molecular flexibility index (Phi) is 6.03. The molecule has 0 radical (unpaired) electrons. The monoisotopic (exact) mass is 234 g/mol. The van der Waals surface area contributed by atoms with Crippen molar-refractivity contribution >= 4 is 8.80 Å². The second-order valence-electron chi connectivity index (χ2n) is 5.37. The molecule has 0 heterocycles. The van der Waals surface area contributed by atoms with Gasteiger partial charge in [-0.15, -0.1) is 0 Å². The highest BCUT2D eigenvalue weighted by molar-refractivity contribution is 6.60.